The molecule has 0 aliphatic rings. The minimum Gasteiger partial charge on any atom is -0.508 e. The van der Waals surface area contributed by atoms with Crippen LogP contribution in [-0.2, 0) is 30.9 Å². The van der Waals surface area contributed by atoms with Crippen molar-refractivity contribution in [3.63, 3.8) is 0 Å². The molecule has 1 aromatic rings. The zero-order valence-corrected chi connectivity index (χ0v) is 9.03. The number of hydrogen-bond donors (Lipinski definition) is 1. The summed E-state index contributed by atoms with van der Waals surface area (Å²) >= 11 is 0. The maximum Gasteiger partial charge on any atom is 0.337 e. The molecular weight excluding hydrogens is 235 g/mol. The number of benzene rings is 1. The molecule has 0 aromatic heterocycles. The normalized spacial score (nSPS) is 8.42. The van der Waals surface area contributed by atoms with E-state index in [9.17, 15) is 4.79 Å². The molecule has 4 heteroatoms. The molecule has 62 valence electrons. The summed E-state index contributed by atoms with van der Waals surface area (Å²) in [5.41, 5.74) is 0.354. The predicted octanol–water partition coefficient (Wildman–Crippen LogP) is 1.18. The second-order valence-corrected chi connectivity index (χ2v) is 2.04. The predicted molar refractivity (Wildman–Crippen MR) is 39.4 cm³/mol. The van der Waals surface area contributed by atoms with Crippen molar-refractivity contribution in [1.82, 2.24) is 0 Å². The summed E-state index contributed by atoms with van der Waals surface area (Å²) in [7, 11) is 1.30. The van der Waals surface area contributed by atoms with Gasteiger partial charge < -0.3 is 9.84 Å². The average molecular weight is 243 g/mol. The van der Waals surface area contributed by atoms with Crippen LogP contribution in [0.4, 0.5) is 0 Å². The van der Waals surface area contributed by atoms with Gasteiger partial charge in [-0.25, -0.2) is 4.79 Å². The van der Waals surface area contributed by atoms with Crippen LogP contribution < -0.4 is 0 Å². The van der Waals surface area contributed by atoms with Crippen LogP contribution >= 0.6 is 0 Å². The van der Waals surface area contributed by atoms with Crippen molar-refractivity contribution in [2.75, 3.05) is 7.11 Å². The third-order valence-corrected chi connectivity index (χ3v) is 1.27. The largest absolute Gasteiger partial charge is 0.508 e. The Kier molecular flexibility index (Phi) is 4.83. The Labute approximate surface area is 89.5 Å². The van der Waals surface area contributed by atoms with E-state index < -0.39 is 5.97 Å². The summed E-state index contributed by atoms with van der Waals surface area (Å²) < 4.78 is 4.44. The first kappa shape index (κ1) is 11.4. The number of methoxy groups -OCH3 is 1. The fraction of sp³-hybridized carbons (Fsp3) is 0.125. The van der Waals surface area contributed by atoms with E-state index >= 15 is 0 Å². The number of phenols is 1. The van der Waals surface area contributed by atoms with Crippen LogP contribution in [-0.4, -0.2) is 18.2 Å². The van der Waals surface area contributed by atoms with Crippen molar-refractivity contribution in [2.45, 2.75) is 0 Å². The number of carbonyl (C=O) groups is 1. The first-order valence-electron chi connectivity index (χ1n) is 3.11. The van der Waals surface area contributed by atoms with E-state index in [4.69, 9.17) is 5.11 Å². The molecule has 0 amide bonds. The summed E-state index contributed by atoms with van der Waals surface area (Å²) in [5, 5.41) is 8.95. The third kappa shape index (κ3) is 2.78. The molecule has 0 spiro atoms. The second-order valence-electron chi connectivity index (χ2n) is 2.04. The summed E-state index contributed by atoms with van der Waals surface area (Å²) in [6, 6.07) is 6.01. The minimum atomic E-state index is -0.444. The molecule has 0 atom stereocenters. The van der Waals surface area contributed by atoms with Crippen LogP contribution in [0.1, 0.15) is 10.4 Å². The fourth-order valence-electron chi connectivity index (χ4n) is 0.751. The first-order chi connectivity index (χ1) is 5.24. The van der Waals surface area contributed by atoms with Crippen molar-refractivity contribution in [2.24, 2.45) is 0 Å². The standard InChI is InChI=1S/C8H8O3.Zr/c1-11-8(10)6-3-2-4-7(9)5-6;/h2-5,9H,1H3;. The number of aromatic hydroxyl groups is 1. The van der Waals surface area contributed by atoms with Crippen molar-refractivity contribution in [3.05, 3.63) is 29.8 Å². The molecule has 0 bridgehead atoms. The Morgan fingerprint density at radius 3 is 2.67 bits per heavy atom. The van der Waals surface area contributed by atoms with E-state index in [0.717, 1.165) is 0 Å². The van der Waals surface area contributed by atoms with E-state index in [-0.39, 0.29) is 32.0 Å². The Bertz CT molecular complexity index is 273. The summed E-state index contributed by atoms with van der Waals surface area (Å²) in [6.45, 7) is 0. The molecule has 0 unspecified atom stereocenters. The van der Waals surface area contributed by atoms with Gasteiger partial charge in [0.1, 0.15) is 5.75 Å². The van der Waals surface area contributed by atoms with Gasteiger partial charge in [0.05, 0.1) is 12.7 Å². The summed E-state index contributed by atoms with van der Waals surface area (Å²) in [6.07, 6.45) is 0. The molecule has 0 fully saturated rings. The molecule has 0 aliphatic carbocycles. The van der Waals surface area contributed by atoms with Gasteiger partial charge in [-0.05, 0) is 18.2 Å². The van der Waals surface area contributed by atoms with Crippen molar-refractivity contribution >= 4 is 5.97 Å². The van der Waals surface area contributed by atoms with E-state index in [1.807, 2.05) is 0 Å². The summed E-state index contributed by atoms with van der Waals surface area (Å²) in [4.78, 5) is 10.8. The molecule has 12 heavy (non-hydrogen) atoms. The van der Waals surface area contributed by atoms with E-state index in [1.165, 1.54) is 19.2 Å². The second kappa shape index (κ2) is 5.10. The molecule has 0 saturated carbocycles. The van der Waals surface area contributed by atoms with Crippen LogP contribution in [0.3, 0.4) is 0 Å². The van der Waals surface area contributed by atoms with Crippen molar-refractivity contribution in [1.29, 1.82) is 0 Å². The number of ether oxygens (including phenoxy) is 1. The van der Waals surface area contributed by atoms with Gasteiger partial charge in [-0.15, -0.1) is 0 Å². The molecule has 0 saturated heterocycles. The van der Waals surface area contributed by atoms with Gasteiger partial charge >= 0.3 is 5.97 Å². The third-order valence-electron chi connectivity index (χ3n) is 1.27. The van der Waals surface area contributed by atoms with Gasteiger partial charge in [-0.1, -0.05) is 6.07 Å². The van der Waals surface area contributed by atoms with Gasteiger partial charge in [0.15, 0.2) is 0 Å². The van der Waals surface area contributed by atoms with Crippen LogP contribution in [0.25, 0.3) is 0 Å². The smallest absolute Gasteiger partial charge is 0.337 e. The van der Waals surface area contributed by atoms with Gasteiger partial charge in [0.2, 0.25) is 0 Å². The SMILES string of the molecule is COC(=O)c1cccc(O)c1.[Zr]. The van der Waals surface area contributed by atoms with Gasteiger partial charge in [0.25, 0.3) is 0 Å². The maximum absolute atomic E-state index is 10.8. The monoisotopic (exact) mass is 242 g/mol. The quantitative estimate of drug-likeness (QED) is 0.753. The number of hydrogen-bond acceptors (Lipinski definition) is 3. The number of carbonyl (C=O) groups excluding carboxylic acids is 1. The summed E-state index contributed by atoms with van der Waals surface area (Å²) in [5.74, 6) is -0.381. The molecule has 1 rings (SSSR count). The van der Waals surface area contributed by atoms with Gasteiger partial charge in [-0.3, -0.25) is 0 Å². The van der Waals surface area contributed by atoms with Gasteiger partial charge in [-0.2, -0.15) is 0 Å². The van der Waals surface area contributed by atoms with Crippen molar-refractivity contribution in [3.8, 4) is 5.75 Å². The number of rotatable bonds is 1. The van der Waals surface area contributed by atoms with Crippen LogP contribution in [0, 0.1) is 0 Å². The van der Waals surface area contributed by atoms with Crippen LogP contribution in [0.2, 0.25) is 0 Å². The number of phenolic OH excluding ortho intramolecular Hbond substituents is 1. The molecule has 1 N–H and O–H groups in total. The Hall–Kier alpha value is -0.627. The Morgan fingerprint density at radius 2 is 2.17 bits per heavy atom. The molecule has 0 aliphatic heterocycles. The van der Waals surface area contributed by atoms with Crippen molar-refractivity contribution < 1.29 is 40.8 Å². The van der Waals surface area contributed by atoms with Crippen LogP contribution in [0.5, 0.6) is 5.75 Å². The molecule has 0 heterocycles. The topological polar surface area (TPSA) is 46.5 Å². The minimum absolute atomic E-state index is 0. The Balaban J connectivity index is 0.00000121. The molecule has 0 radical (unpaired) electrons. The fourth-order valence-corrected chi connectivity index (χ4v) is 0.751. The van der Waals surface area contributed by atoms with E-state index in [0.29, 0.717) is 5.56 Å². The zero-order chi connectivity index (χ0) is 8.27. The van der Waals surface area contributed by atoms with Crippen LogP contribution in [0.15, 0.2) is 24.3 Å². The molecule has 3 nitrogen and oxygen atoms in total. The molecular formula is C8H8O3Zr. The average Bonchev–Trinajstić information content (AvgIpc) is 2.03. The number of esters is 1. The maximum atomic E-state index is 10.8. The van der Waals surface area contributed by atoms with E-state index in [2.05, 4.69) is 4.74 Å². The van der Waals surface area contributed by atoms with E-state index in [1.54, 1.807) is 12.1 Å². The Morgan fingerprint density at radius 1 is 1.50 bits per heavy atom. The van der Waals surface area contributed by atoms with Gasteiger partial charge in [0, 0.05) is 26.2 Å². The zero-order valence-electron chi connectivity index (χ0n) is 6.57. The first-order valence-corrected chi connectivity index (χ1v) is 3.11. The molecule has 1 aromatic carbocycles.